The number of pyridine rings is 2. The lowest BCUT2D eigenvalue weighted by molar-refractivity contribution is 0.359. The summed E-state index contributed by atoms with van der Waals surface area (Å²) < 4.78 is 0. The van der Waals surface area contributed by atoms with E-state index >= 15 is 0 Å². The third-order valence-electron chi connectivity index (χ3n) is 8.20. The lowest BCUT2D eigenvalue weighted by Gasteiger charge is -2.40. The number of benzene rings is 4. The van der Waals surface area contributed by atoms with Gasteiger partial charge in [0.25, 0.3) is 0 Å². The summed E-state index contributed by atoms with van der Waals surface area (Å²) in [7, 11) is 0. The third-order valence-corrected chi connectivity index (χ3v) is 8.20. The molecule has 0 amide bonds. The van der Waals surface area contributed by atoms with E-state index in [1.807, 2.05) is 0 Å². The summed E-state index contributed by atoms with van der Waals surface area (Å²) in [4.78, 5) is 19.9. The Morgan fingerprint density at radius 3 is 2.05 bits per heavy atom. The molecule has 0 saturated carbocycles. The molecule has 2 aliphatic rings. The molecule has 4 heterocycles. The van der Waals surface area contributed by atoms with Crippen LogP contribution in [-0.2, 0) is 0 Å². The van der Waals surface area contributed by atoms with Gasteiger partial charge in [0.1, 0.15) is 5.82 Å². The Labute approximate surface area is 233 Å². The van der Waals surface area contributed by atoms with E-state index in [4.69, 9.17) is 15.0 Å². The van der Waals surface area contributed by atoms with Crippen molar-refractivity contribution in [3.63, 3.8) is 0 Å². The molecule has 5 nitrogen and oxygen atoms in total. The molecule has 5 heteroatoms. The first kappa shape index (κ1) is 23.1. The lowest BCUT2D eigenvalue weighted by Crippen LogP contribution is -2.52. The van der Waals surface area contributed by atoms with E-state index in [1.165, 1.54) is 21.9 Å². The largest absolute Gasteiger partial charge is 0.342 e. The molecule has 8 rings (SSSR count). The van der Waals surface area contributed by atoms with Crippen molar-refractivity contribution in [2.45, 2.75) is 12.8 Å². The van der Waals surface area contributed by atoms with E-state index in [1.54, 1.807) is 0 Å². The SMILES string of the molecule is c1ccc(-c2ccc3cc(-c4ccc5ccc6ccc(N7CCCN8CCCN=C87)nc6c5n4)ccc3c2)cc1. The van der Waals surface area contributed by atoms with Gasteiger partial charge in [-0.3, -0.25) is 9.89 Å². The first-order valence-corrected chi connectivity index (χ1v) is 14.2. The fourth-order valence-corrected chi connectivity index (χ4v) is 6.13. The zero-order chi connectivity index (χ0) is 26.5. The maximum atomic E-state index is 5.20. The van der Waals surface area contributed by atoms with Crippen molar-refractivity contribution in [3.05, 3.63) is 103 Å². The van der Waals surface area contributed by atoms with Crippen LogP contribution < -0.4 is 4.90 Å². The van der Waals surface area contributed by atoms with E-state index in [0.29, 0.717) is 0 Å². The Morgan fingerprint density at radius 1 is 0.525 bits per heavy atom. The van der Waals surface area contributed by atoms with Crippen LogP contribution in [0.4, 0.5) is 5.82 Å². The molecule has 0 N–H and O–H groups in total. The van der Waals surface area contributed by atoms with Crippen LogP contribution >= 0.6 is 0 Å². The number of nitrogens with zero attached hydrogens (tertiary/aromatic N) is 5. The molecule has 6 aromatic rings. The third kappa shape index (κ3) is 3.97. The van der Waals surface area contributed by atoms with Gasteiger partial charge in [-0.2, -0.15) is 0 Å². The molecule has 40 heavy (non-hydrogen) atoms. The van der Waals surface area contributed by atoms with Crippen molar-refractivity contribution < 1.29 is 0 Å². The molecule has 0 aliphatic carbocycles. The van der Waals surface area contributed by atoms with Gasteiger partial charge < -0.3 is 4.90 Å². The maximum Gasteiger partial charge on any atom is 0.202 e. The second-order valence-corrected chi connectivity index (χ2v) is 10.7. The number of fused-ring (bicyclic) bond motifs is 5. The second kappa shape index (κ2) is 9.45. The Balaban J connectivity index is 1.20. The first-order chi connectivity index (χ1) is 19.8. The Hall–Kier alpha value is -4.77. The van der Waals surface area contributed by atoms with Crippen molar-refractivity contribution in [1.29, 1.82) is 0 Å². The topological polar surface area (TPSA) is 44.6 Å². The molecule has 0 bridgehead atoms. The van der Waals surface area contributed by atoms with Crippen LogP contribution in [0.15, 0.2) is 108 Å². The molecule has 1 saturated heterocycles. The summed E-state index contributed by atoms with van der Waals surface area (Å²) in [5.41, 5.74) is 6.42. The fourth-order valence-electron chi connectivity index (χ4n) is 6.13. The van der Waals surface area contributed by atoms with Gasteiger partial charge in [-0.15, -0.1) is 0 Å². The number of hydrogen-bond acceptors (Lipinski definition) is 5. The minimum Gasteiger partial charge on any atom is -0.342 e. The molecule has 2 aliphatic heterocycles. The number of aliphatic imine (C=N–C) groups is 1. The van der Waals surface area contributed by atoms with Gasteiger partial charge in [0.2, 0.25) is 5.96 Å². The van der Waals surface area contributed by atoms with E-state index in [9.17, 15) is 0 Å². The van der Waals surface area contributed by atoms with E-state index in [-0.39, 0.29) is 0 Å². The number of aromatic nitrogens is 2. The molecule has 2 aromatic heterocycles. The second-order valence-electron chi connectivity index (χ2n) is 10.7. The number of anilines is 1. The van der Waals surface area contributed by atoms with Gasteiger partial charge in [-0.1, -0.05) is 72.8 Å². The molecule has 0 spiro atoms. The molecular formula is C35H29N5. The lowest BCUT2D eigenvalue weighted by atomic mass is 9.99. The smallest absolute Gasteiger partial charge is 0.202 e. The molecule has 0 radical (unpaired) electrons. The highest BCUT2D eigenvalue weighted by Crippen LogP contribution is 2.31. The molecule has 194 valence electrons. The zero-order valence-electron chi connectivity index (χ0n) is 22.3. The van der Waals surface area contributed by atoms with Crippen LogP contribution in [-0.4, -0.2) is 47.0 Å². The average Bonchev–Trinajstić information content (AvgIpc) is 3.04. The van der Waals surface area contributed by atoms with Crippen molar-refractivity contribution in [2.75, 3.05) is 31.1 Å². The monoisotopic (exact) mass is 519 g/mol. The summed E-state index contributed by atoms with van der Waals surface area (Å²) in [6, 6.07) is 36.7. The maximum absolute atomic E-state index is 5.20. The predicted octanol–water partition coefficient (Wildman–Crippen LogP) is 7.54. The molecule has 4 aromatic carbocycles. The first-order valence-electron chi connectivity index (χ1n) is 14.2. The highest BCUT2D eigenvalue weighted by Gasteiger charge is 2.27. The van der Waals surface area contributed by atoms with Gasteiger partial charge in [0, 0.05) is 42.5 Å². The summed E-state index contributed by atoms with van der Waals surface area (Å²) in [6.45, 7) is 4.00. The van der Waals surface area contributed by atoms with E-state index in [0.717, 1.165) is 83.9 Å². The highest BCUT2D eigenvalue weighted by molar-refractivity contribution is 6.05. The van der Waals surface area contributed by atoms with Gasteiger partial charge >= 0.3 is 0 Å². The van der Waals surface area contributed by atoms with Crippen LogP contribution in [0.5, 0.6) is 0 Å². The number of guanidine groups is 1. The zero-order valence-corrected chi connectivity index (χ0v) is 22.3. The van der Waals surface area contributed by atoms with Crippen molar-refractivity contribution >= 4 is 44.4 Å². The van der Waals surface area contributed by atoms with Crippen LogP contribution in [0.1, 0.15) is 12.8 Å². The normalized spacial score (nSPS) is 15.4. The van der Waals surface area contributed by atoms with Crippen molar-refractivity contribution in [1.82, 2.24) is 14.9 Å². The van der Waals surface area contributed by atoms with Gasteiger partial charge in [-0.25, -0.2) is 9.97 Å². The van der Waals surface area contributed by atoms with E-state index < -0.39 is 0 Å². The van der Waals surface area contributed by atoms with E-state index in [2.05, 4.69) is 113 Å². The summed E-state index contributed by atoms with van der Waals surface area (Å²) in [5.74, 6) is 2.03. The predicted molar refractivity (Wildman–Crippen MR) is 166 cm³/mol. The Morgan fingerprint density at radius 2 is 1.20 bits per heavy atom. The van der Waals surface area contributed by atoms with Crippen LogP contribution in [0.25, 0.3) is 55.0 Å². The Bertz CT molecular complexity index is 1930. The fraction of sp³-hybridized carbons (Fsp3) is 0.171. The standard InChI is InChI=1S/C35H29N5/c1-2-6-24(7-3-1)27-10-11-29-23-30(13-12-28(29)22-27)31-16-14-25-8-9-26-15-17-32(38-34(26)33(25)37-31)40-21-5-20-39-19-4-18-36-35(39)40/h1-3,6-17,22-23H,4-5,18-21H2. The number of rotatable bonds is 3. The Kier molecular flexibility index (Phi) is 5.47. The molecule has 1 fully saturated rings. The summed E-state index contributed by atoms with van der Waals surface area (Å²) >= 11 is 0. The van der Waals surface area contributed by atoms with Gasteiger partial charge in [-0.05, 0) is 65.1 Å². The van der Waals surface area contributed by atoms with Crippen LogP contribution in [0.2, 0.25) is 0 Å². The van der Waals surface area contributed by atoms with Gasteiger partial charge in [0.15, 0.2) is 0 Å². The quantitative estimate of drug-likeness (QED) is 0.227. The van der Waals surface area contributed by atoms with Gasteiger partial charge in [0.05, 0.1) is 16.7 Å². The summed E-state index contributed by atoms with van der Waals surface area (Å²) in [5, 5.41) is 4.64. The number of hydrogen-bond donors (Lipinski definition) is 0. The minimum absolute atomic E-state index is 0.892. The van der Waals surface area contributed by atoms with Crippen LogP contribution in [0.3, 0.4) is 0 Å². The minimum atomic E-state index is 0.892. The average molecular weight is 520 g/mol. The molecule has 0 unspecified atom stereocenters. The van der Waals surface area contributed by atoms with Crippen molar-refractivity contribution in [2.24, 2.45) is 4.99 Å². The molecular weight excluding hydrogens is 490 g/mol. The summed E-state index contributed by atoms with van der Waals surface area (Å²) in [6.07, 6.45) is 2.24. The molecule has 0 atom stereocenters. The van der Waals surface area contributed by atoms with Crippen LogP contribution in [0, 0.1) is 0 Å². The van der Waals surface area contributed by atoms with Crippen molar-refractivity contribution in [3.8, 4) is 22.4 Å². The highest BCUT2D eigenvalue weighted by atomic mass is 15.4.